The molecule has 2 atom stereocenters. The number of rotatable bonds is 5. The maximum atomic E-state index is 13.9. The van der Waals surface area contributed by atoms with E-state index in [1.54, 1.807) is 4.90 Å². The first-order valence-corrected chi connectivity index (χ1v) is 12.3. The van der Waals surface area contributed by atoms with Crippen LogP contribution in [-0.2, 0) is 17.5 Å². The van der Waals surface area contributed by atoms with E-state index in [0.29, 0.717) is 44.2 Å². The summed E-state index contributed by atoms with van der Waals surface area (Å²) in [6.07, 6.45) is -3.01. The molecule has 1 amide bonds. The van der Waals surface area contributed by atoms with E-state index in [1.165, 1.54) is 0 Å². The molecule has 2 aliphatic heterocycles. The van der Waals surface area contributed by atoms with E-state index in [0.717, 1.165) is 27.9 Å². The molecule has 3 aromatic rings. The minimum atomic E-state index is -4.77. The predicted octanol–water partition coefficient (Wildman–Crippen LogP) is 3.03. The Morgan fingerprint density at radius 1 is 1.17 bits per heavy atom. The molecule has 1 aromatic carbocycles. The Balaban J connectivity index is 1.46. The van der Waals surface area contributed by atoms with Gasteiger partial charge in [0.1, 0.15) is 6.04 Å². The predicted molar refractivity (Wildman–Crippen MR) is 126 cm³/mol. The van der Waals surface area contributed by atoms with Crippen LogP contribution in [-0.4, -0.2) is 58.1 Å². The smallest absolute Gasteiger partial charge is 0.350 e. The zero-order chi connectivity index (χ0) is 24.7. The molecular formula is C23H25F3N6O2S. The molecule has 0 aliphatic carbocycles. The standard InChI is InChI=1S/C23H25F3N6O2S/c1-30-11-9-15(13-30)32-20(34)17-19(29-21(32)23(24,25)26)35-22(28-17)31-10-5-8-16(31)18(33)27-12-14-6-3-2-4-7-14/h2-4,6-7,15-16H,5,8-13H2,1H3,(H,27,33)/t15-,16?/m0/s1. The van der Waals surface area contributed by atoms with Crippen LogP contribution in [0.1, 0.15) is 36.7 Å². The Morgan fingerprint density at radius 2 is 1.94 bits per heavy atom. The molecule has 0 radical (unpaired) electrons. The maximum absolute atomic E-state index is 13.9. The number of hydrogen-bond acceptors (Lipinski definition) is 7. The summed E-state index contributed by atoms with van der Waals surface area (Å²) in [4.78, 5) is 38.0. The fraction of sp³-hybridized carbons (Fsp3) is 0.478. The highest BCUT2D eigenvalue weighted by atomic mass is 32.1. The fourth-order valence-electron chi connectivity index (χ4n) is 4.83. The van der Waals surface area contributed by atoms with Crippen LogP contribution in [0.5, 0.6) is 0 Å². The van der Waals surface area contributed by atoms with Gasteiger partial charge in [0.2, 0.25) is 11.7 Å². The molecule has 1 N–H and O–H groups in total. The molecule has 35 heavy (non-hydrogen) atoms. The Hall–Kier alpha value is -2.99. The van der Waals surface area contributed by atoms with E-state index in [-0.39, 0.29) is 16.3 Å². The molecule has 2 aromatic heterocycles. The summed E-state index contributed by atoms with van der Waals surface area (Å²) >= 11 is 0.926. The van der Waals surface area contributed by atoms with Crippen molar-refractivity contribution < 1.29 is 18.0 Å². The first-order valence-electron chi connectivity index (χ1n) is 11.5. The van der Waals surface area contributed by atoms with E-state index in [4.69, 9.17) is 0 Å². The topological polar surface area (TPSA) is 83.4 Å². The average Bonchev–Trinajstić information content (AvgIpc) is 3.56. The number of nitrogens with one attached hydrogen (secondary N) is 1. The third-order valence-corrected chi connectivity index (χ3v) is 7.54. The highest BCUT2D eigenvalue weighted by Gasteiger charge is 2.41. The number of anilines is 1. The first-order chi connectivity index (χ1) is 16.7. The van der Waals surface area contributed by atoms with Crippen molar-refractivity contribution in [3.05, 3.63) is 52.1 Å². The van der Waals surface area contributed by atoms with Crippen molar-refractivity contribution >= 4 is 32.7 Å². The van der Waals surface area contributed by atoms with Gasteiger partial charge in [0.15, 0.2) is 15.5 Å². The van der Waals surface area contributed by atoms with Gasteiger partial charge in [0, 0.05) is 19.6 Å². The second-order valence-electron chi connectivity index (χ2n) is 9.02. The number of fused-ring (bicyclic) bond motifs is 1. The molecular weight excluding hydrogens is 481 g/mol. The van der Waals surface area contributed by atoms with Crippen LogP contribution in [0.4, 0.5) is 18.3 Å². The van der Waals surface area contributed by atoms with Gasteiger partial charge in [-0.2, -0.15) is 13.2 Å². The summed E-state index contributed by atoms with van der Waals surface area (Å²) in [5.74, 6) is -1.37. The molecule has 2 saturated heterocycles. The quantitative estimate of drug-likeness (QED) is 0.573. The molecule has 186 valence electrons. The Labute approximate surface area is 203 Å². The average molecular weight is 507 g/mol. The van der Waals surface area contributed by atoms with Crippen LogP contribution < -0.4 is 15.8 Å². The van der Waals surface area contributed by atoms with Crippen molar-refractivity contribution in [1.82, 2.24) is 24.8 Å². The summed E-state index contributed by atoms with van der Waals surface area (Å²) in [5, 5.41) is 3.27. The van der Waals surface area contributed by atoms with Gasteiger partial charge in [-0.1, -0.05) is 41.7 Å². The number of amides is 1. The lowest BCUT2D eigenvalue weighted by molar-refractivity contribution is -0.148. The summed E-state index contributed by atoms with van der Waals surface area (Å²) in [7, 11) is 1.81. The molecule has 1 unspecified atom stereocenters. The van der Waals surface area contributed by atoms with Crippen molar-refractivity contribution in [2.45, 2.75) is 44.1 Å². The molecule has 2 fully saturated rings. The van der Waals surface area contributed by atoms with Crippen LogP contribution in [0.25, 0.3) is 10.3 Å². The Morgan fingerprint density at radius 3 is 2.63 bits per heavy atom. The lowest BCUT2D eigenvalue weighted by atomic mass is 10.2. The number of carbonyl (C=O) groups excluding carboxylic acids is 1. The van der Waals surface area contributed by atoms with Crippen LogP contribution in [0, 0.1) is 0 Å². The number of likely N-dealkylation sites (N-methyl/N-ethyl adjacent to an activating group) is 1. The molecule has 8 nitrogen and oxygen atoms in total. The van der Waals surface area contributed by atoms with Gasteiger partial charge in [0.25, 0.3) is 5.56 Å². The molecule has 0 bridgehead atoms. The number of likely N-dealkylation sites (tertiary alicyclic amines) is 1. The van der Waals surface area contributed by atoms with Gasteiger partial charge in [-0.25, -0.2) is 9.97 Å². The number of carbonyl (C=O) groups is 1. The van der Waals surface area contributed by atoms with E-state index in [1.807, 2.05) is 42.3 Å². The molecule has 2 aliphatic rings. The van der Waals surface area contributed by atoms with E-state index < -0.39 is 29.6 Å². The largest absolute Gasteiger partial charge is 0.449 e. The second-order valence-corrected chi connectivity index (χ2v) is 9.97. The van der Waals surface area contributed by atoms with E-state index in [9.17, 15) is 22.8 Å². The lowest BCUT2D eigenvalue weighted by Gasteiger charge is -2.23. The van der Waals surface area contributed by atoms with Crippen molar-refractivity contribution in [3.63, 3.8) is 0 Å². The number of halogens is 3. The fourth-order valence-corrected chi connectivity index (χ4v) is 5.84. The summed E-state index contributed by atoms with van der Waals surface area (Å²) in [6.45, 7) is 1.84. The number of aromatic nitrogens is 3. The van der Waals surface area contributed by atoms with Gasteiger partial charge in [-0.15, -0.1) is 0 Å². The van der Waals surface area contributed by atoms with Gasteiger partial charge < -0.3 is 15.1 Å². The normalized spacial score (nSPS) is 21.2. The van der Waals surface area contributed by atoms with Crippen LogP contribution in [0.3, 0.4) is 0 Å². The van der Waals surface area contributed by atoms with Gasteiger partial charge in [-0.3, -0.25) is 14.2 Å². The number of alkyl halides is 3. The number of hydrogen-bond donors (Lipinski definition) is 1. The minimum absolute atomic E-state index is 0.0599. The molecule has 4 heterocycles. The summed E-state index contributed by atoms with van der Waals surface area (Å²) in [5.41, 5.74) is 0.102. The van der Waals surface area contributed by atoms with Crippen LogP contribution in [0.15, 0.2) is 35.1 Å². The zero-order valence-corrected chi connectivity index (χ0v) is 19.9. The lowest BCUT2D eigenvalue weighted by Crippen LogP contribution is -2.43. The van der Waals surface area contributed by atoms with Gasteiger partial charge in [0.05, 0.1) is 6.04 Å². The third kappa shape index (κ3) is 4.64. The van der Waals surface area contributed by atoms with E-state index >= 15 is 0 Å². The number of nitrogens with zero attached hydrogens (tertiary/aromatic N) is 5. The third-order valence-electron chi connectivity index (χ3n) is 6.55. The zero-order valence-electron chi connectivity index (χ0n) is 19.1. The highest BCUT2D eigenvalue weighted by molar-refractivity contribution is 7.21. The summed E-state index contributed by atoms with van der Waals surface area (Å²) in [6, 6.07) is 8.39. The first kappa shape index (κ1) is 23.7. The molecule has 5 rings (SSSR count). The Kier molecular flexibility index (Phi) is 6.26. The Bertz CT molecular complexity index is 1290. The monoisotopic (exact) mass is 506 g/mol. The second kappa shape index (κ2) is 9.23. The van der Waals surface area contributed by atoms with Gasteiger partial charge >= 0.3 is 6.18 Å². The number of benzene rings is 1. The van der Waals surface area contributed by atoms with Crippen LogP contribution >= 0.6 is 11.3 Å². The number of thiazole rings is 1. The molecule has 0 saturated carbocycles. The minimum Gasteiger partial charge on any atom is -0.350 e. The van der Waals surface area contributed by atoms with E-state index in [2.05, 4.69) is 15.3 Å². The molecule has 12 heteroatoms. The van der Waals surface area contributed by atoms with Crippen molar-refractivity contribution in [1.29, 1.82) is 0 Å². The highest BCUT2D eigenvalue weighted by Crippen LogP contribution is 2.36. The van der Waals surface area contributed by atoms with Gasteiger partial charge in [-0.05, 0) is 38.4 Å². The van der Waals surface area contributed by atoms with Crippen molar-refractivity contribution in [2.24, 2.45) is 0 Å². The van der Waals surface area contributed by atoms with Crippen molar-refractivity contribution in [2.75, 3.05) is 31.6 Å². The van der Waals surface area contributed by atoms with Crippen LogP contribution in [0.2, 0.25) is 0 Å². The van der Waals surface area contributed by atoms with Crippen molar-refractivity contribution in [3.8, 4) is 0 Å². The summed E-state index contributed by atoms with van der Waals surface area (Å²) < 4.78 is 42.4. The maximum Gasteiger partial charge on any atom is 0.449 e. The molecule has 0 spiro atoms. The SMILES string of the molecule is CN1CC[C@H](n2c(C(F)(F)F)nc3sc(N4CCCC4C(=O)NCc4ccccc4)nc3c2=O)C1.